The number of carbonyl (C=O) groups is 1. The number of anilines is 1. The second-order valence-electron chi connectivity index (χ2n) is 6.79. The van der Waals surface area contributed by atoms with Crippen molar-refractivity contribution in [3.63, 3.8) is 0 Å². The Kier molecular flexibility index (Phi) is 6.93. The van der Waals surface area contributed by atoms with Crippen molar-refractivity contribution in [3.05, 3.63) is 93.1 Å². The molecule has 0 spiro atoms. The van der Waals surface area contributed by atoms with E-state index in [9.17, 15) is 9.18 Å². The van der Waals surface area contributed by atoms with Crippen LogP contribution in [0.5, 0.6) is 11.5 Å². The summed E-state index contributed by atoms with van der Waals surface area (Å²) in [5.41, 5.74) is 2.31. The molecule has 4 nitrogen and oxygen atoms in total. The third kappa shape index (κ3) is 4.87. The van der Waals surface area contributed by atoms with Crippen LogP contribution in [0.3, 0.4) is 0 Å². The van der Waals surface area contributed by atoms with Gasteiger partial charge in [-0.2, -0.15) is 0 Å². The highest BCUT2D eigenvalue weighted by Gasteiger charge is 2.34. The summed E-state index contributed by atoms with van der Waals surface area (Å²) in [5, 5.41) is 0. The Bertz CT molecular complexity index is 1210. The lowest BCUT2D eigenvalue weighted by Gasteiger charge is -2.17. The number of rotatable bonds is 6. The highest BCUT2D eigenvalue weighted by Crippen LogP contribution is 2.40. The van der Waals surface area contributed by atoms with Gasteiger partial charge in [-0.05, 0) is 69.5 Å². The fraction of sp³-hybridized carbons (Fsp3) is 0.0833. The predicted octanol–water partition coefficient (Wildman–Crippen LogP) is 6.58. The molecule has 3 aromatic rings. The number of benzene rings is 3. The molecule has 1 saturated heterocycles. The molecule has 1 aliphatic heterocycles. The molecular formula is C24H17BrFNO3S2. The molecule has 1 fully saturated rings. The van der Waals surface area contributed by atoms with Gasteiger partial charge in [0.2, 0.25) is 0 Å². The molecule has 0 atom stereocenters. The molecule has 0 aromatic heterocycles. The van der Waals surface area contributed by atoms with Crippen molar-refractivity contribution in [1.29, 1.82) is 0 Å². The van der Waals surface area contributed by atoms with E-state index in [2.05, 4.69) is 15.9 Å². The summed E-state index contributed by atoms with van der Waals surface area (Å²) in [6.07, 6.45) is 1.79. The van der Waals surface area contributed by atoms with E-state index in [0.717, 1.165) is 15.6 Å². The van der Waals surface area contributed by atoms with E-state index < -0.39 is 0 Å². The van der Waals surface area contributed by atoms with Crippen LogP contribution in [-0.4, -0.2) is 17.3 Å². The number of nitrogens with zero attached hydrogens (tertiary/aromatic N) is 1. The van der Waals surface area contributed by atoms with E-state index in [-0.39, 0.29) is 11.7 Å². The molecule has 1 heterocycles. The van der Waals surface area contributed by atoms with Crippen LogP contribution in [0.4, 0.5) is 10.1 Å². The molecule has 0 N–H and O–H groups in total. The van der Waals surface area contributed by atoms with Gasteiger partial charge in [-0.15, -0.1) is 0 Å². The van der Waals surface area contributed by atoms with Crippen LogP contribution in [0.25, 0.3) is 6.08 Å². The van der Waals surface area contributed by atoms with E-state index >= 15 is 0 Å². The second kappa shape index (κ2) is 9.85. The first-order valence-corrected chi connectivity index (χ1v) is 11.6. The Morgan fingerprint density at radius 1 is 1.09 bits per heavy atom. The minimum Gasteiger partial charge on any atom is -0.495 e. The molecule has 0 unspecified atom stereocenters. The molecule has 32 heavy (non-hydrogen) atoms. The summed E-state index contributed by atoms with van der Waals surface area (Å²) in [4.78, 5) is 15.1. The monoisotopic (exact) mass is 529 g/mol. The van der Waals surface area contributed by atoms with Crippen LogP contribution in [0.2, 0.25) is 0 Å². The Morgan fingerprint density at radius 3 is 2.56 bits per heavy atom. The van der Waals surface area contributed by atoms with Gasteiger partial charge in [-0.1, -0.05) is 54.3 Å². The van der Waals surface area contributed by atoms with Crippen molar-refractivity contribution in [3.8, 4) is 11.5 Å². The third-order valence-electron chi connectivity index (χ3n) is 4.68. The number of hydrogen-bond donors (Lipinski definition) is 0. The zero-order chi connectivity index (χ0) is 22.7. The van der Waals surface area contributed by atoms with Crippen LogP contribution in [0.1, 0.15) is 11.1 Å². The average molecular weight is 530 g/mol. The molecular weight excluding hydrogens is 513 g/mol. The number of methoxy groups -OCH3 is 1. The normalized spacial score (nSPS) is 14.8. The van der Waals surface area contributed by atoms with E-state index in [1.54, 1.807) is 37.5 Å². The topological polar surface area (TPSA) is 38.8 Å². The summed E-state index contributed by atoms with van der Waals surface area (Å²) >= 11 is 10.2. The molecule has 0 bridgehead atoms. The molecule has 0 saturated carbocycles. The largest absolute Gasteiger partial charge is 0.495 e. The van der Waals surface area contributed by atoms with E-state index in [0.29, 0.717) is 33.0 Å². The van der Waals surface area contributed by atoms with Crippen molar-refractivity contribution >= 4 is 61.9 Å². The van der Waals surface area contributed by atoms with Gasteiger partial charge in [-0.3, -0.25) is 9.69 Å². The molecule has 8 heteroatoms. The van der Waals surface area contributed by atoms with E-state index in [1.807, 2.05) is 30.3 Å². The molecule has 1 amide bonds. The number of para-hydroxylation sites is 2. The smallest absolute Gasteiger partial charge is 0.270 e. The molecule has 3 aromatic carbocycles. The van der Waals surface area contributed by atoms with Gasteiger partial charge in [0.25, 0.3) is 5.91 Å². The maximum atomic E-state index is 13.1. The predicted molar refractivity (Wildman–Crippen MR) is 134 cm³/mol. The van der Waals surface area contributed by atoms with Crippen molar-refractivity contribution in [2.45, 2.75) is 6.61 Å². The summed E-state index contributed by atoms with van der Waals surface area (Å²) in [5.74, 6) is 0.746. The van der Waals surface area contributed by atoms with Gasteiger partial charge < -0.3 is 9.47 Å². The Morgan fingerprint density at radius 2 is 1.84 bits per heavy atom. The lowest BCUT2D eigenvalue weighted by molar-refractivity contribution is -0.113. The SMILES string of the molecule is COc1ccccc1N1C(=O)/C(=C/c2ccc(OCc3ccc(F)cc3)c(Br)c2)SC1=S. The van der Waals surface area contributed by atoms with Gasteiger partial charge in [0, 0.05) is 0 Å². The average Bonchev–Trinajstić information content (AvgIpc) is 3.07. The second-order valence-corrected chi connectivity index (χ2v) is 9.32. The minimum atomic E-state index is -0.282. The highest BCUT2D eigenvalue weighted by atomic mass is 79.9. The van der Waals surface area contributed by atoms with Crippen molar-refractivity contribution in [2.24, 2.45) is 0 Å². The summed E-state index contributed by atoms with van der Waals surface area (Å²) in [6.45, 7) is 0.315. The number of amides is 1. The first-order valence-electron chi connectivity index (χ1n) is 9.54. The number of hydrogen-bond acceptors (Lipinski definition) is 5. The van der Waals surface area contributed by atoms with E-state index in [1.165, 1.54) is 28.8 Å². The molecule has 162 valence electrons. The molecule has 1 aliphatic rings. The Labute approximate surface area is 203 Å². The van der Waals surface area contributed by atoms with Crippen molar-refractivity contribution in [2.75, 3.05) is 12.0 Å². The van der Waals surface area contributed by atoms with Gasteiger partial charge in [0.1, 0.15) is 23.9 Å². The van der Waals surface area contributed by atoms with Crippen LogP contribution < -0.4 is 14.4 Å². The molecule has 4 rings (SSSR count). The van der Waals surface area contributed by atoms with Crippen LogP contribution in [0.15, 0.2) is 76.1 Å². The maximum Gasteiger partial charge on any atom is 0.270 e. The fourth-order valence-electron chi connectivity index (χ4n) is 3.11. The Hall–Kier alpha value is -2.68. The van der Waals surface area contributed by atoms with Gasteiger partial charge >= 0.3 is 0 Å². The lowest BCUT2D eigenvalue weighted by atomic mass is 10.2. The number of thioether (sulfide) groups is 1. The first-order chi connectivity index (χ1) is 15.5. The minimum absolute atomic E-state index is 0.197. The molecule has 0 radical (unpaired) electrons. The summed E-state index contributed by atoms with van der Waals surface area (Å²) < 4.78 is 25.4. The van der Waals surface area contributed by atoms with Crippen LogP contribution in [-0.2, 0) is 11.4 Å². The van der Waals surface area contributed by atoms with Crippen LogP contribution >= 0.6 is 39.9 Å². The standard InChI is InChI=1S/C24H17BrFNO3S2/c1-29-21-5-3-2-4-19(21)27-23(28)22(32-24(27)31)13-16-8-11-20(18(25)12-16)30-14-15-6-9-17(26)10-7-15/h2-13H,14H2,1H3/b22-13-. The van der Waals surface area contributed by atoms with Crippen molar-refractivity contribution in [1.82, 2.24) is 0 Å². The van der Waals surface area contributed by atoms with Gasteiger partial charge in [0.15, 0.2) is 4.32 Å². The number of thiocarbonyl (C=S) groups is 1. The lowest BCUT2D eigenvalue weighted by Crippen LogP contribution is -2.27. The quantitative estimate of drug-likeness (QED) is 0.266. The van der Waals surface area contributed by atoms with Gasteiger partial charge in [-0.25, -0.2) is 4.39 Å². The third-order valence-corrected chi connectivity index (χ3v) is 6.60. The fourth-order valence-corrected chi connectivity index (χ4v) is 4.90. The number of halogens is 2. The Balaban J connectivity index is 1.51. The molecule has 0 aliphatic carbocycles. The van der Waals surface area contributed by atoms with Crippen LogP contribution in [0, 0.1) is 5.82 Å². The maximum absolute atomic E-state index is 13.1. The summed E-state index contributed by atoms with van der Waals surface area (Å²) in [6, 6.07) is 19.0. The number of ether oxygens (including phenoxy) is 2. The zero-order valence-corrected chi connectivity index (χ0v) is 20.1. The highest BCUT2D eigenvalue weighted by molar-refractivity contribution is 9.10. The van der Waals surface area contributed by atoms with Gasteiger partial charge in [0.05, 0.1) is 22.2 Å². The zero-order valence-electron chi connectivity index (χ0n) is 16.9. The van der Waals surface area contributed by atoms with Crippen molar-refractivity contribution < 1.29 is 18.7 Å². The number of carbonyl (C=O) groups excluding carboxylic acids is 1. The van der Waals surface area contributed by atoms with E-state index in [4.69, 9.17) is 21.7 Å². The summed E-state index contributed by atoms with van der Waals surface area (Å²) in [7, 11) is 1.56. The first kappa shape index (κ1) is 22.5.